The van der Waals surface area contributed by atoms with Crippen LogP contribution in [0.1, 0.15) is 43.6 Å². The van der Waals surface area contributed by atoms with Gasteiger partial charge in [0, 0.05) is 37.6 Å². The van der Waals surface area contributed by atoms with E-state index in [1.807, 2.05) is 43.9 Å². The minimum Gasteiger partial charge on any atom is -0.348 e. The van der Waals surface area contributed by atoms with Gasteiger partial charge in [0.2, 0.25) is 5.91 Å². The number of hydrogen-bond acceptors (Lipinski definition) is 2. The monoisotopic (exact) mass is 382 g/mol. The summed E-state index contributed by atoms with van der Waals surface area (Å²) in [5.41, 5.74) is 3.40. The first-order chi connectivity index (χ1) is 13.4. The molecular weight excluding hydrogens is 352 g/mol. The summed E-state index contributed by atoms with van der Waals surface area (Å²) in [6.45, 7) is 9.77. The maximum absolute atomic E-state index is 13.3. The Bertz CT molecular complexity index is 843. The van der Waals surface area contributed by atoms with Crippen LogP contribution in [0.15, 0.2) is 42.6 Å². The van der Waals surface area contributed by atoms with E-state index in [0.717, 1.165) is 23.4 Å². The van der Waals surface area contributed by atoms with Gasteiger partial charge in [-0.15, -0.1) is 0 Å². The van der Waals surface area contributed by atoms with Crippen molar-refractivity contribution >= 4 is 11.9 Å². The number of rotatable bonds is 5. The lowest BCUT2D eigenvalue weighted by atomic mass is 9.95. The Morgan fingerprint density at radius 1 is 1.18 bits per heavy atom. The normalized spacial score (nSPS) is 16.0. The number of fused-ring (bicyclic) bond motifs is 1. The Hall–Kier alpha value is -2.76. The van der Waals surface area contributed by atoms with Crippen molar-refractivity contribution in [3.63, 3.8) is 0 Å². The first-order valence-corrected chi connectivity index (χ1v) is 9.97. The van der Waals surface area contributed by atoms with Gasteiger partial charge in [0.05, 0.1) is 6.04 Å². The zero-order valence-corrected chi connectivity index (χ0v) is 17.2. The average Bonchev–Trinajstić information content (AvgIpc) is 3.14. The van der Waals surface area contributed by atoms with Crippen LogP contribution >= 0.6 is 0 Å². The number of hydrogen-bond donors (Lipinski definition) is 1. The molecule has 1 aromatic heterocycles. The van der Waals surface area contributed by atoms with Crippen LogP contribution in [-0.2, 0) is 11.3 Å². The van der Waals surface area contributed by atoms with E-state index in [0.29, 0.717) is 13.1 Å². The van der Waals surface area contributed by atoms with Gasteiger partial charge in [-0.3, -0.25) is 4.79 Å². The van der Waals surface area contributed by atoms with Crippen molar-refractivity contribution in [2.24, 2.45) is 0 Å². The summed E-state index contributed by atoms with van der Waals surface area (Å²) in [6.07, 6.45) is 2.07. The van der Waals surface area contributed by atoms with Crippen molar-refractivity contribution in [1.82, 2.24) is 19.7 Å². The number of nitrogens with one attached hydrogen (secondary N) is 1. The maximum atomic E-state index is 13.3. The van der Waals surface area contributed by atoms with Gasteiger partial charge in [0.1, 0.15) is 6.54 Å². The van der Waals surface area contributed by atoms with Crippen molar-refractivity contribution in [3.8, 4) is 0 Å². The summed E-state index contributed by atoms with van der Waals surface area (Å²) < 4.78 is 2.21. The molecule has 0 spiro atoms. The third-order valence-corrected chi connectivity index (χ3v) is 5.25. The van der Waals surface area contributed by atoms with Crippen molar-refractivity contribution in [3.05, 3.63) is 59.4 Å². The van der Waals surface area contributed by atoms with E-state index in [1.54, 1.807) is 4.90 Å². The second-order valence-corrected chi connectivity index (χ2v) is 7.59. The molecule has 2 aromatic rings. The molecule has 1 aliphatic rings. The third kappa shape index (κ3) is 4.06. The summed E-state index contributed by atoms with van der Waals surface area (Å²) in [5.74, 6) is -0.0264. The number of likely N-dealkylation sites (N-methyl/N-ethyl adjacent to an activating group) is 1. The molecule has 1 atom stereocenters. The van der Waals surface area contributed by atoms with Crippen LogP contribution in [0.2, 0.25) is 0 Å². The molecule has 2 heterocycles. The maximum Gasteiger partial charge on any atom is 0.318 e. The lowest BCUT2D eigenvalue weighted by Gasteiger charge is -2.39. The van der Waals surface area contributed by atoms with Crippen LogP contribution in [0.4, 0.5) is 4.79 Å². The van der Waals surface area contributed by atoms with E-state index in [-0.39, 0.29) is 30.6 Å². The van der Waals surface area contributed by atoms with Gasteiger partial charge in [-0.2, -0.15) is 0 Å². The van der Waals surface area contributed by atoms with Crippen molar-refractivity contribution in [1.29, 1.82) is 0 Å². The fourth-order valence-electron chi connectivity index (χ4n) is 3.79. The van der Waals surface area contributed by atoms with E-state index >= 15 is 0 Å². The van der Waals surface area contributed by atoms with E-state index in [9.17, 15) is 9.59 Å². The predicted molar refractivity (Wildman–Crippen MR) is 110 cm³/mol. The smallest absolute Gasteiger partial charge is 0.318 e. The molecule has 1 N–H and O–H groups in total. The third-order valence-electron chi connectivity index (χ3n) is 5.25. The zero-order chi connectivity index (χ0) is 20.3. The van der Waals surface area contributed by atoms with Crippen LogP contribution in [0.5, 0.6) is 0 Å². The molecule has 28 heavy (non-hydrogen) atoms. The molecule has 0 aliphatic carbocycles. The number of urea groups is 1. The number of amides is 3. The van der Waals surface area contributed by atoms with Crippen LogP contribution in [0.3, 0.4) is 0 Å². The van der Waals surface area contributed by atoms with Gasteiger partial charge >= 0.3 is 6.03 Å². The number of nitrogens with zero attached hydrogens (tertiary/aromatic N) is 3. The highest BCUT2D eigenvalue weighted by Gasteiger charge is 2.33. The van der Waals surface area contributed by atoms with E-state index in [4.69, 9.17) is 0 Å². The molecule has 0 unspecified atom stereocenters. The predicted octanol–water partition coefficient (Wildman–Crippen LogP) is 3.17. The molecule has 0 saturated carbocycles. The van der Waals surface area contributed by atoms with E-state index < -0.39 is 0 Å². The second kappa shape index (κ2) is 8.50. The highest BCUT2D eigenvalue weighted by atomic mass is 16.2. The largest absolute Gasteiger partial charge is 0.348 e. The van der Waals surface area contributed by atoms with E-state index in [1.165, 1.54) is 0 Å². The average molecular weight is 383 g/mol. The van der Waals surface area contributed by atoms with Crippen LogP contribution < -0.4 is 5.32 Å². The molecular formula is C22H30N4O2. The Morgan fingerprint density at radius 3 is 2.61 bits per heavy atom. The fraction of sp³-hybridized carbons (Fsp3) is 0.455. The number of aryl methyl sites for hydroxylation is 1. The first kappa shape index (κ1) is 20.0. The second-order valence-electron chi connectivity index (χ2n) is 7.59. The topological polar surface area (TPSA) is 57.6 Å². The molecule has 6 heteroatoms. The molecule has 3 amide bonds. The van der Waals surface area contributed by atoms with Crippen molar-refractivity contribution < 1.29 is 9.59 Å². The highest BCUT2D eigenvalue weighted by Crippen LogP contribution is 2.34. The Kier molecular flexibility index (Phi) is 6.07. The molecule has 1 aliphatic heterocycles. The van der Waals surface area contributed by atoms with Crippen LogP contribution in [0, 0.1) is 6.92 Å². The van der Waals surface area contributed by atoms with Crippen molar-refractivity contribution in [2.75, 3.05) is 19.6 Å². The Balaban J connectivity index is 1.88. The lowest BCUT2D eigenvalue weighted by Crippen LogP contribution is -2.50. The minimum absolute atomic E-state index is 0.0264. The SMILES string of the molecule is CCN(CC(=O)N1CCn2cccc2[C@H]1c1ccccc1C)C(=O)NC(C)C. The molecule has 150 valence electrons. The molecule has 0 fully saturated rings. The lowest BCUT2D eigenvalue weighted by molar-refractivity contribution is -0.134. The Morgan fingerprint density at radius 2 is 1.93 bits per heavy atom. The zero-order valence-electron chi connectivity index (χ0n) is 17.2. The summed E-state index contributed by atoms with van der Waals surface area (Å²) in [6, 6.07) is 12.0. The standard InChI is InChI=1S/C22H30N4O2/c1-5-24(22(28)23-16(2)3)15-20(27)26-14-13-25-12-8-11-19(25)21(26)18-10-7-6-9-17(18)4/h6-12,16,21H,5,13-15H2,1-4H3,(H,23,28)/t21-/m1/s1. The molecule has 0 saturated heterocycles. The Labute approximate surface area is 167 Å². The molecule has 0 bridgehead atoms. The first-order valence-electron chi connectivity index (χ1n) is 9.97. The number of carbonyl (C=O) groups excluding carboxylic acids is 2. The number of carbonyl (C=O) groups is 2. The summed E-state index contributed by atoms with van der Waals surface area (Å²) >= 11 is 0. The molecule has 1 aromatic carbocycles. The summed E-state index contributed by atoms with van der Waals surface area (Å²) in [5, 5.41) is 2.88. The van der Waals surface area contributed by atoms with Crippen molar-refractivity contribution in [2.45, 2.75) is 46.3 Å². The summed E-state index contributed by atoms with van der Waals surface area (Å²) in [7, 11) is 0. The number of benzene rings is 1. The quantitative estimate of drug-likeness (QED) is 0.864. The van der Waals surface area contributed by atoms with Gasteiger partial charge in [0.25, 0.3) is 0 Å². The van der Waals surface area contributed by atoms with Gasteiger partial charge in [-0.05, 0) is 51.0 Å². The minimum atomic E-state index is -0.196. The fourth-order valence-corrected chi connectivity index (χ4v) is 3.79. The summed E-state index contributed by atoms with van der Waals surface area (Å²) in [4.78, 5) is 29.2. The van der Waals surface area contributed by atoms with Crippen LogP contribution in [-0.4, -0.2) is 52.0 Å². The molecule has 6 nitrogen and oxygen atoms in total. The number of aromatic nitrogens is 1. The van der Waals surface area contributed by atoms with Gasteiger partial charge in [0.15, 0.2) is 0 Å². The molecule has 3 rings (SSSR count). The van der Waals surface area contributed by atoms with Gasteiger partial charge < -0.3 is 19.7 Å². The van der Waals surface area contributed by atoms with Gasteiger partial charge in [-0.1, -0.05) is 24.3 Å². The highest BCUT2D eigenvalue weighted by molar-refractivity contribution is 5.85. The van der Waals surface area contributed by atoms with Crippen LogP contribution in [0.25, 0.3) is 0 Å². The van der Waals surface area contributed by atoms with Gasteiger partial charge in [-0.25, -0.2) is 4.79 Å². The molecule has 0 radical (unpaired) electrons. The van der Waals surface area contributed by atoms with E-state index in [2.05, 4.69) is 41.2 Å².